The minimum atomic E-state index is -1.05. The number of hydrogen-bond donors (Lipinski definition) is 2. The molecule has 0 unspecified atom stereocenters. The van der Waals surface area contributed by atoms with Gasteiger partial charge in [-0.2, -0.15) is 0 Å². The lowest BCUT2D eigenvalue weighted by Crippen LogP contribution is -2.19. The average Bonchev–Trinajstić information content (AvgIpc) is 2.36. The van der Waals surface area contributed by atoms with Crippen LogP contribution in [0.1, 0.15) is 11.6 Å². The Morgan fingerprint density at radius 2 is 2.50 bits per heavy atom. The Labute approximate surface area is 57.3 Å². The van der Waals surface area contributed by atoms with Gasteiger partial charge in [-0.25, -0.2) is 0 Å². The number of carbonyl (C=O) groups is 1. The van der Waals surface area contributed by atoms with Gasteiger partial charge in [0.15, 0.2) is 0 Å². The summed E-state index contributed by atoms with van der Waals surface area (Å²) in [7, 11) is 0. The Morgan fingerprint density at radius 1 is 1.80 bits per heavy atom. The van der Waals surface area contributed by atoms with Crippen LogP contribution >= 0.6 is 0 Å². The number of carboxylic acids is 1. The maximum absolute atomic E-state index is 10.2. The van der Waals surface area contributed by atoms with E-state index in [0.29, 0.717) is 5.56 Å². The van der Waals surface area contributed by atoms with Gasteiger partial charge in [-0.15, -0.1) is 0 Å². The number of nitrogens with two attached hydrogens (primary N) is 1. The zero-order valence-electron chi connectivity index (χ0n) is 5.15. The lowest BCUT2D eigenvalue weighted by molar-refractivity contribution is -0.138. The van der Waals surface area contributed by atoms with Gasteiger partial charge in [0, 0.05) is 5.56 Å². The Hall–Kier alpha value is -1.29. The van der Waals surface area contributed by atoms with Crippen molar-refractivity contribution in [2.24, 2.45) is 5.73 Å². The standard InChI is InChI=1S/C6H7NO3/c7-5(6(8)9)4-1-2-10-3-4/h1-3,5H,7H2,(H,8,9)/t5-/m0/s1. The molecular weight excluding hydrogens is 134 g/mol. The van der Waals surface area contributed by atoms with E-state index in [9.17, 15) is 4.79 Å². The summed E-state index contributed by atoms with van der Waals surface area (Å²) in [5.74, 6) is -1.05. The lowest BCUT2D eigenvalue weighted by Gasteiger charge is -1.99. The summed E-state index contributed by atoms with van der Waals surface area (Å²) >= 11 is 0. The highest BCUT2D eigenvalue weighted by atomic mass is 16.4. The molecule has 54 valence electrons. The van der Waals surface area contributed by atoms with E-state index in [0.717, 1.165) is 0 Å². The lowest BCUT2D eigenvalue weighted by atomic mass is 10.2. The first-order chi connectivity index (χ1) is 4.72. The fraction of sp³-hybridized carbons (Fsp3) is 0.167. The van der Waals surface area contributed by atoms with Crippen LogP contribution in [0.4, 0.5) is 0 Å². The first kappa shape index (κ1) is 6.82. The summed E-state index contributed by atoms with van der Waals surface area (Å²) in [4.78, 5) is 10.2. The molecule has 0 fully saturated rings. The topological polar surface area (TPSA) is 76.5 Å². The van der Waals surface area contributed by atoms with E-state index in [1.807, 2.05) is 0 Å². The van der Waals surface area contributed by atoms with Crippen molar-refractivity contribution in [2.45, 2.75) is 6.04 Å². The second-order valence-electron chi connectivity index (χ2n) is 1.87. The maximum atomic E-state index is 10.2. The van der Waals surface area contributed by atoms with Crippen LogP contribution in [-0.4, -0.2) is 11.1 Å². The summed E-state index contributed by atoms with van der Waals surface area (Å²) in [6, 6.07) is 0.553. The predicted molar refractivity (Wildman–Crippen MR) is 33.3 cm³/mol. The molecule has 0 spiro atoms. The molecule has 1 aromatic heterocycles. The molecule has 0 saturated carbocycles. The fourth-order valence-corrected chi connectivity index (χ4v) is 0.595. The van der Waals surface area contributed by atoms with Crippen molar-refractivity contribution in [1.82, 2.24) is 0 Å². The molecule has 0 aliphatic heterocycles. The van der Waals surface area contributed by atoms with Crippen LogP contribution in [0.25, 0.3) is 0 Å². The van der Waals surface area contributed by atoms with Gasteiger partial charge in [-0.3, -0.25) is 4.79 Å². The zero-order chi connectivity index (χ0) is 7.56. The van der Waals surface area contributed by atoms with Crippen LogP contribution in [0.5, 0.6) is 0 Å². The van der Waals surface area contributed by atoms with Gasteiger partial charge in [0.1, 0.15) is 6.04 Å². The molecule has 0 amide bonds. The maximum Gasteiger partial charge on any atom is 0.325 e. The van der Waals surface area contributed by atoms with Gasteiger partial charge in [-0.1, -0.05) is 0 Å². The van der Waals surface area contributed by atoms with E-state index in [4.69, 9.17) is 10.8 Å². The molecule has 0 aromatic carbocycles. The zero-order valence-corrected chi connectivity index (χ0v) is 5.15. The molecule has 1 atom stereocenters. The first-order valence-electron chi connectivity index (χ1n) is 2.72. The number of hydrogen-bond acceptors (Lipinski definition) is 3. The second-order valence-corrected chi connectivity index (χ2v) is 1.87. The summed E-state index contributed by atoms with van der Waals surface area (Å²) < 4.78 is 4.64. The number of carboxylic acid groups (broad SMARTS) is 1. The van der Waals surface area contributed by atoms with Crippen molar-refractivity contribution >= 4 is 5.97 Å². The van der Waals surface area contributed by atoms with E-state index < -0.39 is 12.0 Å². The molecule has 4 heteroatoms. The number of furan rings is 1. The highest BCUT2D eigenvalue weighted by Crippen LogP contribution is 2.09. The third-order valence-electron chi connectivity index (χ3n) is 1.17. The van der Waals surface area contributed by atoms with Gasteiger partial charge < -0.3 is 15.3 Å². The highest BCUT2D eigenvalue weighted by molar-refractivity contribution is 5.74. The molecule has 1 aromatic rings. The predicted octanol–water partition coefficient (Wildman–Crippen LogP) is 0.364. The Kier molecular flexibility index (Phi) is 1.73. The van der Waals surface area contributed by atoms with Crippen LogP contribution in [0.2, 0.25) is 0 Å². The summed E-state index contributed by atoms with van der Waals surface area (Å²) in [5.41, 5.74) is 5.70. The van der Waals surface area contributed by atoms with Crippen molar-refractivity contribution in [2.75, 3.05) is 0 Å². The smallest absolute Gasteiger partial charge is 0.325 e. The van der Waals surface area contributed by atoms with Crippen LogP contribution in [0, 0.1) is 0 Å². The van der Waals surface area contributed by atoms with E-state index in [2.05, 4.69) is 4.42 Å². The third kappa shape index (κ3) is 1.16. The van der Waals surface area contributed by atoms with Crippen molar-refractivity contribution in [3.63, 3.8) is 0 Å². The first-order valence-corrected chi connectivity index (χ1v) is 2.72. The third-order valence-corrected chi connectivity index (χ3v) is 1.17. The van der Waals surface area contributed by atoms with Crippen molar-refractivity contribution < 1.29 is 14.3 Å². The SMILES string of the molecule is N[C@H](C(=O)O)c1ccoc1. The Balaban J connectivity index is 2.77. The number of rotatable bonds is 2. The minimum Gasteiger partial charge on any atom is -0.480 e. The van der Waals surface area contributed by atoms with E-state index in [1.165, 1.54) is 18.6 Å². The Bertz CT molecular complexity index is 217. The molecular formula is C6H7NO3. The molecule has 0 aliphatic rings. The van der Waals surface area contributed by atoms with Gasteiger partial charge in [0.2, 0.25) is 0 Å². The van der Waals surface area contributed by atoms with Gasteiger partial charge in [0.05, 0.1) is 12.5 Å². The van der Waals surface area contributed by atoms with Crippen LogP contribution in [0.3, 0.4) is 0 Å². The fourth-order valence-electron chi connectivity index (χ4n) is 0.595. The molecule has 0 aliphatic carbocycles. The summed E-state index contributed by atoms with van der Waals surface area (Å²) in [5, 5.41) is 8.39. The van der Waals surface area contributed by atoms with Crippen molar-refractivity contribution in [3.05, 3.63) is 24.2 Å². The monoisotopic (exact) mass is 141 g/mol. The molecule has 10 heavy (non-hydrogen) atoms. The molecule has 3 N–H and O–H groups in total. The molecule has 1 heterocycles. The summed E-state index contributed by atoms with van der Waals surface area (Å²) in [6.45, 7) is 0. The molecule has 0 saturated heterocycles. The quantitative estimate of drug-likeness (QED) is 0.623. The van der Waals surface area contributed by atoms with E-state index in [1.54, 1.807) is 0 Å². The molecule has 0 bridgehead atoms. The Morgan fingerprint density at radius 3 is 2.90 bits per heavy atom. The highest BCUT2D eigenvalue weighted by Gasteiger charge is 2.14. The molecule has 0 radical (unpaired) electrons. The number of aliphatic carboxylic acids is 1. The normalized spacial score (nSPS) is 12.9. The van der Waals surface area contributed by atoms with Crippen LogP contribution in [0.15, 0.2) is 23.0 Å². The minimum absolute atomic E-state index is 0.479. The van der Waals surface area contributed by atoms with E-state index >= 15 is 0 Å². The van der Waals surface area contributed by atoms with Crippen LogP contribution in [-0.2, 0) is 4.79 Å². The van der Waals surface area contributed by atoms with Crippen molar-refractivity contribution in [3.8, 4) is 0 Å². The largest absolute Gasteiger partial charge is 0.480 e. The summed E-state index contributed by atoms with van der Waals surface area (Å²) in [6.07, 6.45) is 2.71. The molecule has 4 nitrogen and oxygen atoms in total. The van der Waals surface area contributed by atoms with Crippen molar-refractivity contribution in [1.29, 1.82) is 0 Å². The van der Waals surface area contributed by atoms with Gasteiger partial charge in [-0.05, 0) is 6.07 Å². The molecule has 1 rings (SSSR count). The van der Waals surface area contributed by atoms with Gasteiger partial charge >= 0.3 is 5.97 Å². The van der Waals surface area contributed by atoms with Crippen LogP contribution < -0.4 is 5.73 Å². The average molecular weight is 141 g/mol. The van der Waals surface area contributed by atoms with Gasteiger partial charge in [0.25, 0.3) is 0 Å². The second kappa shape index (κ2) is 2.53. The van der Waals surface area contributed by atoms with E-state index in [-0.39, 0.29) is 0 Å².